The molecule has 0 saturated carbocycles. The third-order valence-corrected chi connectivity index (χ3v) is 5.70. The van der Waals surface area contributed by atoms with Crippen LogP contribution in [-0.2, 0) is 16.9 Å². The second kappa shape index (κ2) is 6.16. The zero-order chi connectivity index (χ0) is 17.6. The number of fused-ring (bicyclic) bond motifs is 3. The van der Waals surface area contributed by atoms with Crippen molar-refractivity contribution in [3.05, 3.63) is 66.1 Å². The highest BCUT2D eigenvalue weighted by Crippen LogP contribution is 2.41. The number of benzene rings is 1. The van der Waals surface area contributed by atoms with Gasteiger partial charge in [0.25, 0.3) is 0 Å². The van der Waals surface area contributed by atoms with E-state index in [4.69, 9.17) is 4.74 Å². The second-order valence-corrected chi connectivity index (χ2v) is 7.42. The Hall–Kier alpha value is -2.28. The minimum Gasteiger partial charge on any atom is -0.385 e. The van der Waals surface area contributed by atoms with Crippen LogP contribution in [0.2, 0.25) is 0 Å². The van der Waals surface area contributed by atoms with Gasteiger partial charge in [-0.3, -0.25) is 4.90 Å². The summed E-state index contributed by atoms with van der Waals surface area (Å²) in [6.45, 7) is 2.21. The molecule has 0 spiro atoms. The van der Waals surface area contributed by atoms with Crippen LogP contribution >= 0.6 is 0 Å². The lowest BCUT2D eigenvalue weighted by molar-refractivity contribution is -0.149. The van der Waals surface area contributed by atoms with Gasteiger partial charge in [0.15, 0.2) is 5.65 Å². The molecule has 0 aliphatic carbocycles. The van der Waals surface area contributed by atoms with Crippen LogP contribution in [0.3, 0.4) is 0 Å². The summed E-state index contributed by atoms with van der Waals surface area (Å²) >= 11 is 0. The molecule has 2 bridgehead atoms. The first-order valence-corrected chi connectivity index (χ1v) is 9.11. The second-order valence-electron chi connectivity index (χ2n) is 7.42. The number of aliphatic hydroxyl groups is 1. The van der Waals surface area contributed by atoms with Crippen molar-refractivity contribution in [3.8, 4) is 0 Å². The van der Waals surface area contributed by atoms with E-state index in [1.54, 1.807) is 16.9 Å². The molecule has 1 N–H and O–H groups in total. The molecular formula is C20H22N4O2. The lowest BCUT2D eigenvalue weighted by atomic mass is 9.77. The topological polar surface area (TPSA) is 62.9 Å². The first-order valence-electron chi connectivity index (χ1n) is 9.11. The van der Waals surface area contributed by atoms with E-state index >= 15 is 0 Å². The Morgan fingerprint density at radius 2 is 1.88 bits per heavy atom. The number of rotatable bonds is 3. The third-order valence-electron chi connectivity index (χ3n) is 5.70. The number of hydrogen-bond acceptors (Lipinski definition) is 5. The Bertz CT molecular complexity index is 896. The van der Waals surface area contributed by atoms with Crippen molar-refractivity contribution in [1.82, 2.24) is 19.5 Å². The minimum atomic E-state index is -0.889. The Morgan fingerprint density at radius 3 is 2.65 bits per heavy atom. The molecule has 134 valence electrons. The number of nitrogens with zero attached hydrogens (tertiary/aromatic N) is 4. The summed E-state index contributed by atoms with van der Waals surface area (Å²) in [5.41, 5.74) is 2.04. The van der Waals surface area contributed by atoms with Gasteiger partial charge in [-0.2, -0.15) is 5.10 Å². The van der Waals surface area contributed by atoms with Crippen LogP contribution < -0.4 is 0 Å². The maximum atomic E-state index is 11.5. The average Bonchev–Trinajstić information content (AvgIpc) is 3.11. The molecule has 2 atom stereocenters. The molecule has 6 heteroatoms. The van der Waals surface area contributed by atoms with Crippen molar-refractivity contribution in [2.75, 3.05) is 13.2 Å². The molecule has 2 aliphatic rings. The smallest absolute Gasteiger partial charge is 0.154 e. The zero-order valence-electron chi connectivity index (χ0n) is 14.5. The lowest BCUT2D eigenvalue weighted by Gasteiger charge is -2.51. The molecule has 2 saturated heterocycles. The number of ether oxygens (including phenoxy) is 1. The monoisotopic (exact) mass is 350 g/mol. The van der Waals surface area contributed by atoms with Crippen molar-refractivity contribution in [3.63, 3.8) is 0 Å². The van der Waals surface area contributed by atoms with Gasteiger partial charge in [0, 0.05) is 42.7 Å². The highest BCUT2D eigenvalue weighted by atomic mass is 16.5. The summed E-state index contributed by atoms with van der Waals surface area (Å²) in [4.78, 5) is 6.93. The summed E-state index contributed by atoms with van der Waals surface area (Å²) < 4.78 is 7.54. The predicted octanol–water partition coefficient (Wildman–Crippen LogP) is 1.98. The van der Waals surface area contributed by atoms with Crippen LogP contribution in [0.5, 0.6) is 0 Å². The first kappa shape index (κ1) is 15.9. The quantitative estimate of drug-likeness (QED) is 0.783. The normalized spacial score (nSPS) is 29.1. The Morgan fingerprint density at radius 1 is 1.12 bits per heavy atom. The molecule has 26 heavy (non-hydrogen) atoms. The van der Waals surface area contributed by atoms with Crippen LogP contribution in [0.25, 0.3) is 5.65 Å². The average molecular weight is 350 g/mol. The fraction of sp³-hybridized carbons (Fsp3) is 0.400. The lowest BCUT2D eigenvalue weighted by Crippen LogP contribution is -2.60. The molecule has 0 radical (unpaired) electrons. The number of hydrogen-bond donors (Lipinski definition) is 1. The maximum absolute atomic E-state index is 11.5. The molecule has 5 rings (SSSR count). The van der Waals surface area contributed by atoms with Crippen LogP contribution in [0, 0.1) is 0 Å². The summed E-state index contributed by atoms with van der Waals surface area (Å²) in [5.74, 6) is 0. The molecule has 1 aromatic carbocycles. The van der Waals surface area contributed by atoms with E-state index in [2.05, 4.69) is 39.2 Å². The summed E-state index contributed by atoms with van der Waals surface area (Å²) in [6.07, 6.45) is 6.71. The Kier molecular flexibility index (Phi) is 3.77. The Labute approximate surface area is 152 Å². The molecule has 2 aromatic heterocycles. The summed E-state index contributed by atoms with van der Waals surface area (Å²) in [6, 6.07) is 12.8. The van der Waals surface area contributed by atoms with Gasteiger partial charge >= 0.3 is 0 Å². The van der Waals surface area contributed by atoms with Gasteiger partial charge in [-0.15, -0.1) is 0 Å². The van der Waals surface area contributed by atoms with Gasteiger partial charge in [-0.25, -0.2) is 9.50 Å². The molecule has 3 aromatic rings. The molecule has 0 amide bonds. The van der Waals surface area contributed by atoms with Gasteiger partial charge in [0.05, 0.1) is 25.0 Å². The number of aromatic nitrogens is 3. The first-order chi connectivity index (χ1) is 12.7. The van der Waals surface area contributed by atoms with E-state index in [0.29, 0.717) is 26.1 Å². The Balaban J connectivity index is 1.43. The van der Waals surface area contributed by atoms with Gasteiger partial charge < -0.3 is 9.84 Å². The van der Waals surface area contributed by atoms with Crippen LogP contribution in [0.15, 0.2) is 55.0 Å². The van der Waals surface area contributed by atoms with E-state index in [1.165, 1.54) is 5.56 Å². The van der Waals surface area contributed by atoms with E-state index in [0.717, 1.165) is 17.8 Å². The van der Waals surface area contributed by atoms with Gasteiger partial charge in [0.2, 0.25) is 0 Å². The highest BCUT2D eigenvalue weighted by molar-refractivity contribution is 5.37. The van der Waals surface area contributed by atoms with Gasteiger partial charge in [-0.05, 0) is 18.4 Å². The van der Waals surface area contributed by atoms with Crippen molar-refractivity contribution in [1.29, 1.82) is 0 Å². The number of morpholine rings is 1. The van der Waals surface area contributed by atoms with E-state index in [-0.39, 0.29) is 12.1 Å². The minimum absolute atomic E-state index is 0.195. The van der Waals surface area contributed by atoms with Crippen molar-refractivity contribution < 1.29 is 9.84 Å². The molecule has 2 aliphatic heterocycles. The standard InChI is InChI=1S/C20H22N4O2/c25-20(16-10-21-19-6-7-22-24(19)12-16)8-17-13-26-14-18(9-20)23(17)11-15-4-2-1-3-5-15/h1-7,10,12,17-18,25H,8-9,11,13-14H2. The van der Waals surface area contributed by atoms with Crippen molar-refractivity contribution >= 4 is 5.65 Å². The zero-order valence-corrected chi connectivity index (χ0v) is 14.5. The van der Waals surface area contributed by atoms with Crippen molar-refractivity contribution in [2.45, 2.75) is 37.1 Å². The van der Waals surface area contributed by atoms with Crippen LogP contribution in [0.1, 0.15) is 24.0 Å². The highest BCUT2D eigenvalue weighted by Gasteiger charge is 2.47. The molecular weight excluding hydrogens is 328 g/mol. The van der Waals surface area contributed by atoms with E-state index in [1.807, 2.05) is 18.3 Å². The van der Waals surface area contributed by atoms with Crippen LogP contribution in [-0.4, -0.2) is 49.9 Å². The largest absolute Gasteiger partial charge is 0.385 e. The molecule has 6 nitrogen and oxygen atoms in total. The van der Waals surface area contributed by atoms with Gasteiger partial charge in [-0.1, -0.05) is 30.3 Å². The number of piperidine rings is 1. The summed E-state index contributed by atoms with van der Waals surface area (Å²) in [7, 11) is 0. The summed E-state index contributed by atoms with van der Waals surface area (Å²) in [5, 5.41) is 15.7. The SMILES string of the molecule is OC1(c2cnc3ccnn3c2)CC2COCC(C1)N2Cc1ccccc1. The predicted molar refractivity (Wildman–Crippen MR) is 96.5 cm³/mol. The fourth-order valence-corrected chi connectivity index (χ4v) is 4.38. The van der Waals surface area contributed by atoms with Crippen LogP contribution in [0.4, 0.5) is 0 Å². The molecule has 2 fully saturated rings. The van der Waals surface area contributed by atoms with Gasteiger partial charge in [0.1, 0.15) is 0 Å². The molecule has 2 unspecified atom stereocenters. The van der Waals surface area contributed by atoms with E-state index in [9.17, 15) is 5.11 Å². The van der Waals surface area contributed by atoms with Crippen molar-refractivity contribution in [2.24, 2.45) is 0 Å². The maximum Gasteiger partial charge on any atom is 0.154 e. The third kappa shape index (κ3) is 2.70. The fourth-order valence-electron chi connectivity index (χ4n) is 4.38. The van der Waals surface area contributed by atoms with E-state index < -0.39 is 5.60 Å². The molecule has 4 heterocycles.